The molecule has 0 fully saturated rings. The van der Waals surface area contributed by atoms with Crippen LogP contribution in [0.4, 0.5) is 0 Å². The molecule has 0 aliphatic heterocycles. The summed E-state index contributed by atoms with van der Waals surface area (Å²) in [5, 5.41) is 16.6. The first-order valence-electron chi connectivity index (χ1n) is 5.99. The van der Waals surface area contributed by atoms with E-state index in [0.717, 1.165) is 0 Å². The molecule has 0 aliphatic carbocycles. The molecule has 0 spiro atoms. The summed E-state index contributed by atoms with van der Waals surface area (Å²) >= 11 is 1.72. The number of rotatable bonds is 4. The van der Waals surface area contributed by atoms with Crippen LogP contribution in [-0.2, 0) is 0 Å². The van der Waals surface area contributed by atoms with E-state index in [2.05, 4.69) is 42.1 Å². The highest BCUT2D eigenvalue weighted by Crippen LogP contribution is 2.21. The molecule has 1 aromatic carbocycles. The molecule has 2 aromatic rings. The number of hydrogen-bond acceptors (Lipinski definition) is 3. The van der Waals surface area contributed by atoms with Gasteiger partial charge in [0, 0.05) is 12.1 Å². The van der Waals surface area contributed by atoms with Crippen molar-refractivity contribution in [2.75, 3.05) is 0 Å². The third-order valence-corrected chi connectivity index (χ3v) is 3.78. The molecule has 0 saturated heterocycles. The van der Waals surface area contributed by atoms with Crippen molar-refractivity contribution >= 4 is 11.3 Å². The largest absolute Gasteiger partial charge is 0.304 e. The molecule has 2 unspecified atom stereocenters. The van der Waals surface area contributed by atoms with Crippen LogP contribution in [0, 0.1) is 11.3 Å². The highest BCUT2D eigenvalue weighted by molar-refractivity contribution is 7.07. The van der Waals surface area contributed by atoms with Gasteiger partial charge in [0.15, 0.2) is 0 Å². The summed E-state index contributed by atoms with van der Waals surface area (Å²) in [6.07, 6.45) is 0. The predicted octanol–water partition coefficient (Wildman–Crippen LogP) is 4.03. The summed E-state index contributed by atoms with van der Waals surface area (Å²) in [6.45, 7) is 4.31. The van der Waals surface area contributed by atoms with Crippen LogP contribution < -0.4 is 5.32 Å². The number of hydrogen-bond donors (Lipinski definition) is 1. The molecule has 0 saturated carbocycles. The smallest absolute Gasteiger partial charge is 0.0991 e. The molecule has 2 atom stereocenters. The van der Waals surface area contributed by atoms with Gasteiger partial charge in [-0.1, -0.05) is 12.1 Å². The van der Waals surface area contributed by atoms with E-state index in [-0.39, 0.29) is 6.04 Å². The second-order valence-corrected chi connectivity index (χ2v) is 5.18. The van der Waals surface area contributed by atoms with Crippen molar-refractivity contribution in [1.29, 1.82) is 5.26 Å². The lowest BCUT2D eigenvalue weighted by Gasteiger charge is -2.19. The zero-order valence-electron chi connectivity index (χ0n) is 10.6. The van der Waals surface area contributed by atoms with E-state index in [1.807, 2.05) is 24.3 Å². The molecule has 0 aliphatic rings. The van der Waals surface area contributed by atoms with E-state index in [1.165, 1.54) is 11.1 Å². The molecule has 1 heterocycles. The lowest BCUT2D eigenvalue weighted by Crippen LogP contribution is -2.22. The molecule has 2 rings (SSSR count). The van der Waals surface area contributed by atoms with Gasteiger partial charge in [0.2, 0.25) is 0 Å². The van der Waals surface area contributed by atoms with Crippen molar-refractivity contribution in [1.82, 2.24) is 5.32 Å². The molecule has 0 radical (unpaired) electrons. The Hall–Kier alpha value is -1.63. The van der Waals surface area contributed by atoms with E-state index < -0.39 is 0 Å². The first-order chi connectivity index (χ1) is 8.70. The minimum Gasteiger partial charge on any atom is -0.304 e. The Kier molecular flexibility index (Phi) is 4.14. The lowest BCUT2D eigenvalue weighted by atomic mass is 10.0. The molecule has 18 heavy (non-hydrogen) atoms. The van der Waals surface area contributed by atoms with Crippen molar-refractivity contribution in [3.05, 3.63) is 57.8 Å². The van der Waals surface area contributed by atoms with E-state index >= 15 is 0 Å². The minimum atomic E-state index is 0.271. The summed E-state index contributed by atoms with van der Waals surface area (Å²) in [5.74, 6) is 0. The first kappa shape index (κ1) is 12.8. The fraction of sp³-hybridized carbons (Fsp3) is 0.267. The van der Waals surface area contributed by atoms with Crippen LogP contribution in [0.1, 0.15) is 42.6 Å². The van der Waals surface area contributed by atoms with Crippen LogP contribution in [0.15, 0.2) is 41.1 Å². The zero-order valence-corrected chi connectivity index (χ0v) is 11.4. The molecule has 1 N–H and O–H groups in total. The van der Waals surface area contributed by atoms with Gasteiger partial charge in [-0.05, 0) is 53.9 Å². The Morgan fingerprint density at radius 2 is 1.72 bits per heavy atom. The van der Waals surface area contributed by atoms with Crippen molar-refractivity contribution < 1.29 is 0 Å². The van der Waals surface area contributed by atoms with Crippen LogP contribution >= 0.6 is 11.3 Å². The topological polar surface area (TPSA) is 35.8 Å². The molecule has 3 heteroatoms. The van der Waals surface area contributed by atoms with Gasteiger partial charge in [0.1, 0.15) is 0 Å². The second kappa shape index (κ2) is 5.81. The molecular weight excluding hydrogens is 240 g/mol. The van der Waals surface area contributed by atoms with Crippen LogP contribution in [0.3, 0.4) is 0 Å². The van der Waals surface area contributed by atoms with Gasteiger partial charge >= 0.3 is 0 Å². The maximum absolute atomic E-state index is 8.77. The summed E-state index contributed by atoms with van der Waals surface area (Å²) in [6, 6.07) is 12.6. The molecule has 2 nitrogen and oxygen atoms in total. The van der Waals surface area contributed by atoms with E-state index in [9.17, 15) is 0 Å². The molecule has 0 amide bonds. The maximum Gasteiger partial charge on any atom is 0.0991 e. The molecule has 0 bridgehead atoms. The highest BCUT2D eigenvalue weighted by Gasteiger charge is 2.11. The highest BCUT2D eigenvalue weighted by atomic mass is 32.1. The monoisotopic (exact) mass is 256 g/mol. The van der Waals surface area contributed by atoms with Gasteiger partial charge in [-0.2, -0.15) is 16.6 Å². The Morgan fingerprint density at radius 1 is 1.06 bits per heavy atom. The number of benzene rings is 1. The second-order valence-electron chi connectivity index (χ2n) is 4.40. The minimum absolute atomic E-state index is 0.271. The predicted molar refractivity (Wildman–Crippen MR) is 75.4 cm³/mol. The van der Waals surface area contributed by atoms with Gasteiger partial charge in [-0.25, -0.2) is 0 Å². The summed E-state index contributed by atoms with van der Waals surface area (Å²) < 4.78 is 0. The maximum atomic E-state index is 8.77. The third kappa shape index (κ3) is 2.98. The van der Waals surface area contributed by atoms with Crippen molar-refractivity contribution in [2.45, 2.75) is 25.9 Å². The quantitative estimate of drug-likeness (QED) is 0.896. The molecular formula is C15H16N2S. The van der Waals surface area contributed by atoms with Crippen LogP contribution in [0.5, 0.6) is 0 Å². The number of thiophene rings is 1. The Morgan fingerprint density at radius 3 is 2.28 bits per heavy atom. The molecule has 92 valence electrons. The van der Waals surface area contributed by atoms with Gasteiger partial charge < -0.3 is 5.32 Å². The van der Waals surface area contributed by atoms with Gasteiger partial charge in [0.25, 0.3) is 0 Å². The lowest BCUT2D eigenvalue weighted by molar-refractivity contribution is 0.495. The van der Waals surface area contributed by atoms with E-state index in [1.54, 1.807) is 11.3 Å². The van der Waals surface area contributed by atoms with E-state index in [0.29, 0.717) is 11.6 Å². The van der Waals surface area contributed by atoms with Crippen molar-refractivity contribution in [2.24, 2.45) is 0 Å². The van der Waals surface area contributed by atoms with E-state index in [4.69, 9.17) is 5.26 Å². The van der Waals surface area contributed by atoms with Crippen LogP contribution in [0.2, 0.25) is 0 Å². The Labute approximate surface area is 112 Å². The van der Waals surface area contributed by atoms with Crippen molar-refractivity contribution in [3.8, 4) is 6.07 Å². The standard InChI is InChI=1S/C15H16N2S/c1-11(14-5-3-13(9-16)4-6-14)17-12(2)15-7-8-18-10-15/h3-8,10-12,17H,1-2H3. The summed E-state index contributed by atoms with van der Waals surface area (Å²) in [4.78, 5) is 0. The fourth-order valence-corrected chi connectivity index (χ4v) is 2.69. The van der Waals surface area contributed by atoms with Gasteiger partial charge in [-0.15, -0.1) is 0 Å². The van der Waals surface area contributed by atoms with Gasteiger partial charge in [-0.3, -0.25) is 0 Å². The Bertz CT molecular complexity index is 523. The van der Waals surface area contributed by atoms with Crippen molar-refractivity contribution in [3.63, 3.8) is 0 Å². The Balaban J connectivity index is 2.03. The fourth-order valence-electron chi connectivity index (χ4n) is 1.94. The number of nitrogens with zero attached hydrogens (tertiary/aromatic N) is 1. The van der Waals surface area contributed by atoms with Gasteiger partial charge in [0.05, 0.1) is 11.6 Å². The normalized spacial score (nSPS) is 13.8. The summed E-state index contributed by atoms with van der Waals surface area (Å²) in [5.41, 5.74) is 3.23. The number of nitriles is 1. The number of nitrogens with one attached hydrogen (secondary N) is 1. The van der Waals surface area contributed by atoms with Crippen LogP contribution in [-0.4, -0.2) is 0 Å². The third-order valence-electron chi connectivity index (χ3n) is 3.08. The summed E-state index contributed by atoms with van der Waals surface area (Å²) in [7, 11) is 0. The molecule has 1 aromatic heterocycles. The SMILES string of the molecule is CC(NC(C)c1ccsc1)c1ccc(C#N)cc1. The average Bonchev–Trinajstić information content (AvgIpc) is 2.92. The first-order valence-corrected chi connectivity index (χ1v) is 6.93. The zero-order chi connectivity index (χ0) is 13.0. The van der Waals surface area contributed by atoms with Crippen LogP contribution in [0.25, 0.3) is 0 Å². The average molecular weight is 256 g/mol.